The number of benzene rings is 1. The van der Waals surface area contributed by atoms with Crippen LogP contribution >= 0.6 is 11.3 Å². The molecule has 0 unspecified atom stereocenters. The van der Waals surface area contributed by atoms with Crippen LogP contribution in [-0.4, -0.2) is 42.8 Å². The number of rotatable bonds is 4. The van der Waals surface area contributed by atoms with Gasteiger partial charge in [0.05, 0.1) is 29.1 Å². The smallest absolute Gasteiger partial charge is 0.201 e. The number of nitriles is 1. The Balaban J connectivity index is 1.82. The fraction of sp³-hybridized carbons (Fsp3) is 0.286. The molecule has 2 aromatic rings. The molecule has 1 aliphatic rings. The second-order valence-corrected chi connectivity index (χ2v) is 5.89. The van der Waals surface area contributed by atoms with Gasteiger partial charge in [-0.3, -0.25) is 10.8 Å². The predicted molar refractivity (Wildman–Crippen MR) is 91.2 cm³/mol. The van der Waals surface area contributed by atoms with Crippen molar-refractivity contribution in [3.63, 3.8) is 0 Å². The van der Waals surface area contributed by atoms with Gasteiger partial charge in [0.2, 0.25) is 5.71 Å². The van der Waals surface area contributed by atoms with E-state index in [9.17, 15) is 0 Å². The summed E-state index contributed by atoms with van der Waals surface area (Å²) >= 11 is 1.60. The molecular formula is C14H15N7OS. The molecule has 0 bridgehead atoms. The molecule has 118 valence electrons. The Labute approximate surface area is 136 Å². The van der Waals surface area contributed by atoms with Crippen LogP contribution in [0.1, 0.15) is 0 Å². The molecule has 0 radical (unpaired) electrons. The number of hydrogen-bond acceptors (Lipinski definition) is 8. The first-order valence-electron chi connectivity index (χ1n) is 6.99. The Morgan fingerprint density at radius 2 is 2.26 bits per heavy atom. The van der Waals surface area contributed by atoms with Crippen molar-refractivity contribution < 1.29 is 4.74 Å². The standard InChI is InChI=1S/C14H15N7OS/c15-8-11(13(16)17)20-19-9-1-2-10-12(7-9)23-14(18-10)21-3-5-22-6-4-21/h1-2,7,19H,3-6H2,(H3,16,17)/b20-11+. The van der Waals surface area contributed by atoms with Gasteiger partial charge in [0.15, 0.2) is 11.0 Å². The summed E-state index contributed by atoms with van der Waals surface area (Å²) < 4.78 is 6.38. The molecule has 1 fully saturated rings. The topological polar surface area (TPSA) is 123 Å². The maximum Gasteiger partial charge on any atom is 0.201 e. The number of anilines is 2. The molecule has 1 aromatic heterocycles. The number of fused-ring (bicyclic) bond motifs is 1. The van der Waals surface area contributed by atoms with E-state index in [1.54, 1.807) is 17.4 Å². The van der Waals surface area contributed by atoms with E-state index in [-0.39, 0.29) is 11.5 Å². The van der Waals surface area contributed by atoms with Gasteiger partial charge in [-0.2, -0.15) is 10.4 Å². The summed E-state index contributed by atoms with van der Waals surface area (Å²) in [5.41, 5.74) is 9.48. The van der Waals surface area contributed by atoms with Crippen LogP contribution in [0.3, 0.4) is 0 Å². The molecule has 4 N–H and O–H groups in total. The monoisotopic (exact) mass is 329 g/mol. The van der Waals surface area contributed by atoms with Gasteiger partial charge in [-0.25, -0.2) is 4.98 Å². The third-order valence-corrected chi connectivity index (χ3v) is 4.40. The molecule has 8 nitrogen and oxygen atoms in total. The van der Waals surface area contributed by atoms with Crippen LogP contribution in [0.5, 0.6) is 0 Å². The summed E-state index contributed by atoms with van der Waals surface area (Å²) in [6, 6.07) is 7.40. The van der Waals surface area contributed by atoms with E-state index < -0.39 is 0 Å². The van der Waals surface area contributed by atoms with Gasteiger partial charge in [-0.15, -0.1) is 0 Å². The van der Waals surface area contributed by atoms with E-state index in [4.69, 9.17) is 21.1 Å². The van der Waals surface area contributed by atoms with Crippen LogP contribution in [-0.2, 0) is 4.74 Å². The van der Waals surface area contributed by atoms with Crippen LogP contribution in [0.25, 0.3) is 10.2 Å². The number of nitrogens with one attached hydrogen (secondary N) is 2. The third kappa shape index (κ3) is 3.39. The van der Waals surface area contributed by atoms with Crippen molar-refractivity contribution in [2.45, 2.75) is 0 Å². The maximum absolute atomic E-state index is 8.83. The van der Waals surface area contributed by atoms with E-state index in [0.717, 1.165) is 41.7 Å². The van der Waals surface area contributed by atoms with Gasteiger partial charge in [-0.05, 0) is 18.2 Å². The molecule has 0 amide bonds. The Morgan fingerprint density at radius 1 is 1.48 bits per heavy atom. The van der Waals surface area contributed by atoms with Gasteiger partial charge in [0, 0.05) is 13.1 Å². The molecule has 1 aliphatic heterocycles. The first kappa shape index (κ1) is 15.2. The average molecular weight is 329 g/mol. The predicted octanol–water partition coefficient (Wildman–Crippen LogP) is 1.36. The zero-order valence-electron chi connectivity index (χ0n) is 12.2. The number of hydrazone groups is 1. The minimum Gasteiger partial charge on any atom is -0.382 e. The zero-order valence-corrected chi connectivity index (χ0v) is 13.1. The zero-order chi connectivity index (χ0) is 16.2. The van der Waals surface area contributed by atoms with Crippen LogP contribution in [0.2, 0.25) is 0 Å². The van der Waals surface area contributed by atoms with Gasteiger partial charge in [-0.1, -0.05) is 11.3 Å². The fourth-order valence-electron chi connectivity index (χ4n) is 2.14. The number of thiazole rings is 1. The lowest BCUT2D eigenvalue weighted by Crippen LogP contribution is -2.36. The lowest BCUT2D eigenvalue weighted by atomic mass is 10.3. The first-order chi connectivity index (χ1) is 11.2. The molecule has 3 rings (SSSR count). The van der Waals surface area contributed by atoms with E-state index >= 15 is 0 Å². The Bertz CT molecular complexity index is 801. The molecule has 2 heterocycles. The van der Waals surface area contributed by atoms with Crippen LogP contribution < -0.4 is 16.1 Å². The molecule has 9 heteroatoms. The highest BCUT2D eigenvalue weighted by Gasteiger charge is 2.15. The van der Waals surface area contributed by atoms with Crippen molar-refractivity contribution in [3.05, 3.63) is 18.2 Å². The SMILES string of the molecule is N#C/C(=N\Nc1ccc2nc(N3CCOCC3)sc2c1)C(=N)N. The van der Waals surface area contributed by atoms with Gasteiger partial charge in [0.25, 0.3) is 0 Å². The number of ether oxygens (including phenoxy) is 1. The molecule has 1 saturated heterocycles. The Hall–Kier alpha value is -2.70. The summed E-state index contributed by atoms with van der Waals surface area (Å²) in [7, 11) is 0. The second kappa shape index (κ2) is 6.60. The van der Waals surface area contributed by atoms with Crippen molar-refractivity contribution in [1.29, 1.82) is 10.7 Å². The van der Waals surface area contributed by atoms with Crippen molar-refractivity contribution in [2.24, 2.45) is 10.8 Å². The highest BCUT2D eigenvalue weighted by molar-refractivity contribution is 7.22. The normalized spacial score (nSPS) is 15.4. The lowest BCUT2D eigenvalue weighted by molar-refractivity contribution is 0.122. The van der Waals surface area contributed by atoms with Gasteiger partial charge in [0.1, 0.15) is 6.07 Å². The lowest BCUT2D eigenvalue weighted by Gasteiger charge is -2.25. The van der Waals surface area contributed by atoms with Crippen molar-refractivity contribution in [1.82, 2.24) is 4.98 Å². The number of aromatic nitrogens is 1. The number of nitrogens with zero attached hydrogens (tertiary/aromatic N) is 4. The third-order valence-electron chi connectivity index (χ3n) is 3.32. The average Bonchev–Trinajstić information content (AvgIpc) is 2.99. The summed E-state index contributed by atoms with van der Waals surface area (Å²) in [4.78, 5) is 6.85. The number of amidine groups is 1. The summed E-state index contributed by atoms with van der Waals surface area (Å²) in [6.07, 6.45) is 0. The molecule has 0 aliphatic carbocycles. The fourth-order valence-corrected chi connectivity index (χ4v) is 3.19. The second-order valence-electron chi connectivity index (χ2n) is 4.88. The van der Waals surface area contributed by atoms with Crippen molar-refractivity contribution in [3.8, 4) is 6.07 Å². The molecule has 0 atom stereocenters. The summed E-state index contributed by atoms with van der Waals surface area (Å²) in [5.74, 6) is -0.367. The quantitative estimate of drug-likeness (QED) is 0.442. The van der Waals surface area contributed by atoms with Crippen molar-refractivity contribution in [2.75, 3.05) is 36.6 Å². The van der Waals surface area contributed by atoms with Crippen LogP contribution in [0.4, 0.5) is 10.8 Å². The Morgan fingerprint density at radius 3 is 2.96 bits per heavy atom. The summed E-state index contributed by atoms with van der Waals surface area (Å²) in [5, 5.41) is 20.9. The molecular weight excluding hydrogens is 314 g/mol. The maximum atomic E-state index is 8.83. The number of nitrogens with two attached hydrogens (primary N) is 1. The first-order valence-corrected chi connectivity index (χ1v) is 7.80. The summed E-state index contributed by atoms with van der Waals surface area (Å²) in [6.45, 7) is 3.14. The van der Waals surface area contributed by atoms with Crippen LogP contribution in [0.15, 0.2) is 23.3 Å². The number of morpholine rings is 1. The minimum absolute atomic E-state index is 0.150. The van der Waals surface area contributed by atoms with E-state index in [2.05, 4.69) is 20.4 Å². The minimum atomic E-state index is -0.367. The van der Waals surface area contributed by atoms with E-state index in [0.29, 0.717) is 5.69 Å². The van der Waals surface area contributed by atoms with E-state index in [1.165, 1.54) is 0 Å². The molecule has 0 spiro atoms. The van der Waals surface area contributed by atoms with Crippen LogP contribution in [0, 0.1) is 16.7 Å². The Kier molecular flexibility index (Phi) is 4.36. The largest absolute Gasteiger partial charge is 0.382 e. The van der Waals surface area contributed by atoms with Gasteiger partial charge >= 0.3 is 0 Å². The highest BCUT2D eigenvalue weighted by atomic mass is 32.1. The van der Waals surface area contributed by atoms with Gasteiger partial charge < -0.3 is 15.4 Å². The van der Waals surface area contributed by atoms with Crippen molar-refractivity contribution >= 4 is 43.9 Å². The van der Waals surface area contributed by atoms with E-state index in [1.807, 2.05) is 18.2 Å². The molecule has 23 heavy (non-hydrogen) atoms. The molecule has 1 aromatic carbocycles. The molecule has 0 saturated carbocycles. The highest BCUT2D eigenvalue weighted by Crippen LogP contribution is 2.31. The number of hydrogen-bond donors (Lipinski definition) is 3.